The molecular weight excluding hydrogens is 224 g/mol. The van der Waals surface area contributed by atoms with Gasteiger partial charge in [-0.3, -0.25) is 0 Å². The van der Waals surface area contributed by atoms with Gasteiger partial charge in [0.25, 0.3) is 0 Å². The molecule has 0 saturated heterocycles. The first kappa shape index (κ1) is 15.0. The summed E-state index contributed by atoms with van der Waals surface area (Å²) in [6, 6.07) is 6.68. The molecule has 0 fully saturated rings. The van der Waals surface area contributed by atoms with Gasteiger partial charge in [0, 0.05) is 11.6 Å². The largest absolute Gasteiger partial charge is 0.496 e. The molecule has 0 radical (unpaired) electrons. The maximum absolute atomic E-state index is 6.15. The molecule has 0 amide bonds. The van der Waals surface area contributed by atoms with Crippen LogP contribution in [0.25, 0.3) is 0 Å². The highest BCUT2D eigenvalue weighted by atomic mass is 16.5. The number of methoxy groups -OCH3 is 1. The lowest BCUT2D eigenvalue weighted by Crippen LogP contribution is -2.37. The minimum atomic E-state index is -0.178. The van der Waals surface area contributed by atoms with E-state index in [-0.39, 0.29) is 5.54 Å². The fourth-order valence-electron chi connectivity index (χ4n) is 2.21. The van der Waals surface area contributed by atoms with Gasteiger partial charge in [-0.1, -0.05) is 12.1 Å². The van der Waals surface area contributed by atoms with Crippen LogP contribution in [-0.2, 0) is 0 Å². The number of hydrogen-bond acceptors (Lipinski definition) is 3. The van der Waals surface area contributed by atoms with Crippen molar-refractivity contribution < 1.29 is 4.74 Å². The van der Waals surface area contributed by atoms with Crippen LogP contribution in [0.4, 0.5) is 0 Å². The van der Waals surface area contributed by atoms with E-state index in [1.807, 2.05) is 6.07 Å². The van der Waals surface area contributed by atoms with Crippen LogP contribution in [0.5, 0.6) is 5.75 Å². The summed E-state index contributed by atoms with van der Waals surface area (Å²) in [6.07, 6.45) is 0.922. The van der Waals surface area contributed by atoms with Gasteiger partial charge in [0.05, 0.1) is 7.11 Å². The summed E-state index contributed by atoms with van der Waals surface area (Å²) < 4.78 is 5.30. The first-order valence-corrected chi connectivity index (χ1v) is 6.34. The smallest absolute Gasteiger partial charge is 0.121 e. The highest BCUT2D eigenvalue weighted by molar-refractivity contribution is 5.37. The predicted molar refractivity (Wildman–Crippen MR) is 77.0 cm³/mol. The molecule has 0 spiro atoms. The average Bonchev–Trinajstić information content (AvgIpc) is 2.24. The molecule has 102 valence electrons. The summed E-state index contributed by atoms with van der Waals surface area (Å²) in [5.41, 5.74) is 8.43. The number of hydrogen-bond donors (Lipinski definition) is 1. The second kappa shape index (κ2) is 5.72. The zero-order valence-corrected chi connectivity index (χ0v) is 12.4. The fraction of sp³-hybridized carbons (Fsp3) is 0.600. The van der Waals surface area contributed by atoms with Crippen molar-refractivity contribution >= 4 is 0 Å². The predicted octanol–water partition coefficient (Wildman–Crippen LogP) is 2.73. The molecule has 18 heavy (non-hydrogen) atoms. The Bertz CT molecular complexity index is 394. The fourth-order valence-corrected chi connectivity index (χ4v) is 2.21. The van der Waals surface area contributed by atoms with Crippen LogP contribution in [0.15, 0.2) is 18.2 Å². The standard InChI is InChI=1S/C15H26N2O/c1-11-9-12(7-8-14(11)18-6)13(17(4)5)10-15(2,3)16/h7-9,13H,10,16H2,1-6H3. The van der Waals surface area contributed by atoms with Crippen molar-refractivity contribution in [3.05, 3.63) is 29.3 Å². The Balaban J connectivity index is 3.03. The first-order valence-electron chi connectivity index (χ1n) is 6.34. The Labute approximate surface area is 111 Å². The molecule has 0 aliphatic rings. The molecular formula is C15H26N2O. The molecule has 0 bridgehead atoms. The number of nitrogens with two attached hydrogens (primary N) is 1. The third-order valence-corrected chi connectivity index (χ3v) is 3.15. The van der Waals surface area contributed by atoms with Crippen LogP contribution < -0.4 is 10.5 Å². The van der Waals surface area contributed by atoms with Gasteiger partial charge in [-0.2, -0.15) is 0 Å². The van der Waals surface area contributed by atoms with Crippen molar-refractivity contribution in [2.24, 2.45) is 5.73 Å². The summed E-state index contributed by atoms with van der Waals surface area (Å²) in [7, 11) is 5.89. The monoisotopic (exact) mass is 250 g/mol. The van der Waals surface area contributed by atoms with E-state index >= 15 is 0 Å². The van der Waals surface area contributed by atoms with Gasteiger partial charge in [0.2, 0.25) is 0 Å². The van der Waals surface area contributed by atoms with E-state index in [9.17, 15) is 0 Å². The van der Waals surface area contributed by atoms with Crippen LogP contribution >= 0.6 is 0 Å². The van der Waals surface area contributed by atoms with Gasteiger partial charge < -0.3 is 15.4 Å². The van der Waals surface area contributed by atoms with Gasteiger partial charge in [-0.05, 0) is 58.5 Å². The molecule has 0 aromatic heterocycles. The number of aryl methyl sites for hydroxylation is 1. The zero-order chi connectivity index (χ0) is 13.9. The van der Waals surface area contributed by atoms with Crippen molar-refractivity contribution in [2.45, 2.75) is 38.8 Å². The quantitative estimate of drug-likeness (QED) is 0.873. The van der Waals surface area contributed by atoms with E-state index in [0.29, 0.717) is 6.04 Å². The average molecular weight is 250 g/mol. The minimum absolute atomic E-state index is 0.178. The van der Waals surface area contributed by atoms with E-state index in [1.165, 1.54) is 5.56 Å². The van der Waals surface area contributed by atoms with Gasteiger partial charge in [-0.25, -0.2) is 0 Å². The van der Waals surface area contributed by atoms with Crippen LogP contribution in [0, 0.1) is 6.92 Å². The van der Waals surface area contributed by atoms with Gasteiger partial charge >= 0.3 is 0 Å². The third-order valence-electron chi connectivity index (χ3n) is 3.15. The Morgan fingerprint density at radius 3 is 2.33 bits per heavy atom. The van der Waals surface area contributed by atoms with Crippen LogP contribution in [0.3, 0.4) is 0 Å². The highest BCUT2D eigenvalue weighted by Gasteiger charge is 2.22. The zero-order valence-electron chi connectivity index (χ0n) is 12.4. The minimum Gasteiger partial charge on any atom is -0.496 e. The van der Waals surface area contributed by atoms with E-state index in [0.717, 1.165) is 17.7 Å². The maximum atomic E-state index is 6.15. The molecule has 1 aromatic rings. The SMILES string of the molecule is COc1ccc(C(CC(C)(C)N)N(C)C)cc1C. The van der Waals surface area contributed by atoms with E-state index in [4.69, 9.17) is 10.5 Å². The Kier molecular flexibility index (Phi) is 4.77. The summed E-state index contributed by atoms with van der Waals surface area (Å²) in [4.78, 5) is 2.22. The normalized spacial score (nSPS) is 13.8. The maximum Gasteiger partial charge on any atom is 0.121 e. The van der Waals surface area contributed by atoms with Gasteiger partial charge in [0.15, 0.2) is 0 Å². The van der Waals surface area contributed by atoms with Gasteiger partial charge in [0.1, 0.15) is 5.75 Å². The van der Waals surface area contributed by atoms with Crippen molar-refractivity contribution in [1.82, 2.24) is 4.90 Å². The van der Waals surface area contributed by atoms with Crippen LogP contribution in [0.1, 0.15) is 37.4 Å². The molecule has 3 heteroatoms. The summed E-state index contributed by atoms with van der Waals surface area (Å²) >= 11 is 0. The Morgan fingerprint density at radius 1 is 1.33 bits per heavy atom. The second-order valence-electron chi connectivity index (χ2n) is 5.90. The van der Waals surface area contributed by atoms with Crippen LogP contribution in [-0.4, -0.2) is 31.6 Å². The lowest BCUT2D eigenvalue weighted by atomic mass is 9.90. The van der Waals surface area contributed by atoms with E-state index in [2.05, 4.69) is 51.9 Å². The molecule has 1 rings (SSSR count). The lowest BCUT2D eigenvalue weighted by Gasteiger charge is -2.31. The number of rotatable bonds is 5. The van der Waals surface area contributed by atoms with Crippen molar-refractivity contribution in [3.63, 3.8) is 0 Å². The van der Waals surface area contributed by atoms with Crippen molar-refractivity contribution in [2.75, 3.05) is 21.2 Å². The van der Waals surface area contributed by atoms with Gasteiger partial charge in [-0.15, -0.1) is 0 Å². The summed E-state index contributed by atoms with van der Waals surface area (Å²) in [5.74, 6) is 0.934. The summed E-state index contributed by atoms with van der Waals surface area (Å²) in [5, 5.41) is 0. The van der Waals surface area contributed by atoms with E-state index < -0.39 is 0 Å². The Hall–Kier alpha value is -1.06. The van der Waals surface area contributed by atoms with E-state index in [1.54, 1.807) is 7.11 Å². The van der Waals surface area contributed by atoms with Crippen LogP contribution in [0.2, 0.25) is 0 Å². The molecule has 0 saturated carbocycles. The second-order valence-corrected chi connectivity index (χ2v) is 5.90. The summed E-state index contributed by atoms with van der Waals surface area (Å²) in [6.45, 7) is 6.21. The third kappa shape index (κ3) is 4.00. The first-order chi connectivity index (χ1) is 8.24. The highest BCUT2D eigenvalue weighted by Crippen LogP contribution is 2.29. The molecule has 2 N–H and O–H groups in total. The molecule has 0 aliphatic heterocycles. The molecule has 0 aliphatic carbocycles. The molecule has 3 nitrogen and oxygen atoms in total. The molecule has 1 unspecified atom stereocenters. The lowest BCUT2D eigenvalue weighted by molar-refractivity contribution is 0.243. The molecule has 0 heterocycles. The number of benzene rings is 1. The van der Waals surface area contributed by atoms with Crippen molar-refractivity contribution in [3.8, 4) is 5.75 Å². The topological polar surface area (TPSA) is 38.5 Å². The van der Waals surface area contributed by atoms with Crippen molar-refractivity contribution in [1.29, 1.82) is 0 Å². The Morgan fingerprint density at radius 2 is 1.94 bits per heavy atom. The number of nitrogens with zero attached hydrogens (tertiary/aromatic N) is 1. The number of ether oxygens (including phenoxy) is 1. The molecule has 1 atom stereocenters. The molecule has 1 aromatic carbocycles.